The Hall–Kier alpha value is -2.80. The fraction of sp³-hybridized carbons (Fsp3) is 0.862. The van der Waals surface area contributed by atoms with Crippen molar-refractivity contribution < 1.29 is 113 Å². The Balaban J connectivity index is 1.57. The Morgan fingerprint density at radius 3 is 1.37 bits per heavy atom. The second-order valence-corrected chi connectivity index (χ2v) is 12.9. The van der Waals surface area contributed by atoms with Gasteiger partial charge >= 0.3 is 11.9 Å². The van der Waals surface area contributed by atoms with E-state index < -0.39 is 160 Å². The van der Waals surface area contributed by atoms with E-state index in [1.54, 1.807) is 0 Å². The molecule has 0 aromatic rings. The van der Waals surface area contributed by atoms with Crippen molar-refractivity contribution in [1.29, 1.82) is 0 Å². The SMILES string of the molecule is CO[C@@H]1C(CO)O[C@H](O[C@@H]2C(C(=O)O)O[C@@H](O[C@@H]3C(CO)O[C@H](O[C@@H]4C(C(=O)O)O[C@@H](O)C(O)C4O)C(NC(C)=O)C3O)C(O)C2O)C(NC(C)=O)C1O. The second kappa shape index (κ2) is 18.4. The maximum absolute atomic E-state index is 12.4. The molecule has 13 N–H and O–H groups in total. The molecule has 310 valence electrons. The molecular formula is C29H46N2O23. The number of aliphatic hydroxyl groups excluding tert-OH is 9. The van der Waals surface area contributed by atoms with Gasteiger partial charge < -0.3 is 105 Å². The fourth-order valence-electron chi connectivity index (χ4n) is 6.57. The number of rotatable bonds is 13. The minimum Gasteiger partial charge on any atom is -0.479 e. The molecule has 54 heavy (non-hydrogen) atoms. The van der Waals surface area contributed by atoms with Gasteiger partial charge in [-0.2, -0.15) is 0 Å². The molecular weight excluding hydrogens is 744 g/mol. The molecule has 4 heterocycles. The van der Waals surface area contributed by atoms with Crippen molar-refractivity contribution >= 4 is 23.8 Å². The number of hydrogen-bond acceptors (Lipinski definition) is 21. The number of carbonyl (C=O) groups excluding carboxylic acids is 2. The summed E-state index contributed by atoms with van der Waals surface area (Å²) in [5.74, 6) is -5.11. The largest absolute Gasteiger partial charge is 0.479 e. The number of methoxy groups -OCH3 is 1. The molecule has 12 unspecified atom stereocenters. The van der Waals surface area contributed by atoms with Crippen molar-refractivity contribution in [2.75, 3.05) is 20.3 Å². The molecule has 4 rings (SSSR count). The Bertz CT molecular complexity index is 1310. The number of nitrogens with one attached hydrogen (secondary N) is 2. The summed E-state index contributed by atoms with van der Waals surface area (Å²) in [7, 11) is 1.19. The predicted octanol–water partition coefficient (Wildman–Crippen LogP) is -8.62. The van der Waals surface area contributed by atoms with Crippen LogP contribution in [0.25, 0.3) is 0 Å². The molecule has 4 saturated heterocycles. The van der Waals surface area contributed by atoms with E-state index in [-0.39, 0.29) is 0 Å². The third kappa shape index (κ3) is 9.24. The van der Waals surface area contributed by atoms with E-state index in [1.807, 2.05) is 0 Å². The first kappa shape index (κ1) is 43.9. The van der Waals surface area contributed by atoms with Crippen LogP contribution in [0.1, 0.15) is 13.8 Å². The third-order valence-electron chi connectivity index (χ3n) is 9.19. The van der Waals surface area contributed by atoms with Crippen LogP contribution in [0.3, 0.4) is 0 Å². The van der Waals surface area contributed by atoms with Crippen LogP contribution in [0.2, 0.25) is 0 Å². The molecule has 2 amide bonds. The highest BCUT2D eigenvalue weighted by Crippen LogP contribution is 2.34. The quantitative estimate of drug-likeness (QED) is 0.0823. The molecule has 0 aliphatic carbocycles. The number of carbonyl (C=O) groups is 4. The molecule has 0 aromatic carbocycles. The topological polar surface area (TPSA) is 389 Å². The Morgan fingerprint density at radius 2 is 0.944 bits per heavy atom. The van der Waals surface area contributed by atoms with Gasteiger partial charge in [0.25, 0.3) is 0 Å². The van der Waals surface area contributed by atoms with Gasteiger partial charge in [-0.25, -0.2) is 9.59 Å². The summed E-state index contributed by atoms with van der Waals surface area (Å²) in [5, 5.41) is 119. The number of amides is 2. The third-order valence-corrected chi connectivity index (χ3v) is 9.19. The van der Waals surface area contributed by atoms with Gasteiger partial charge in [0.1, 0.15) is 85.3 Å². The van der Waals surface area contributed by atoms with Crippen LogP contribution >= 0.6 is 0 Å². The molecule has 0 bridgehead atoms. The Morgan fingerprint density at radius 1 is 0.537 bits per heavy atom. The molecule has 25 heteroatoms. The van der Waals surface area contributed by atoms with Crippen molar-refractivity contribution in [1.82, 2.24) is 10.6 Å². The zero-order chi connectivity index (χ0) is 40.3. The van der Waals surface area contributed by atoms with Crippen molar-refractivity contribution in [3.63, 3.8) is 0 Å². The lowest BCUT2D eigenvalue weighted by Crippen LogP contribution is -2.70. The number of aliphatic carboxylic acids is 2. The van der Waals surface area contributed by atoms with Crippen LogP contribution in [0, 0.1) is 0 Å². The lowest BCUT2D eigenvalue weighted by molar-refractivity contribution is -0.370. The first-order chi connectivity index (χ1) is 25.4. The van der Waals surface area contributed by atoms with Crippen molar-refractivity contribution in [2.45, 2.75) is 137 Å². The number of carboxylic acids is 2. The van der Waals surface area contributed by atoms with E-state index in [0.29, 0.717) is 0 Å². The number of ether oxygens (including phenoxy) is 8. The van der Waals surface area contributed by atoms with Crippen LogP contribution in [0.15, 0.2) is 0 Å². The molecule has 0 aromatic heterocycles. The summed E-state index contributed by atoms with van der Waals surface area (Å²) in [4.78, 5) is 48.3. The molecule has 25 nitrogen and oxygen atoms in total. The summed E-state index contributed by atoms with van der Waals surface area (Å²) in [5.41, 5.74) is 0. The average Bonchev–Trinajstić information content (AvgIpc) is 3.10. The standard InChI is InChI=1S/C29H46N2O23/c1-6(34)30-10-12(36)18(47-3)8(4-32)48-27(10)53-21-15(39)17(41)29(54-23(21)25(44)45)51-19-9(5-33)49-28(11(13(19)37)31-7(2)35)52-20-14(38)16(40)26(46)50-22(20)24(42)43/h8-23,26-29,32-33,36-41,46H,4-5H2,1-3H3,(H,30,34)(H,31,35)(H,42,43)(H,44,45)/t8?,9?,10?,11?,12?,13?,14?,15?,16?,17?,18-,19-,20+,21+,22?,23?,26-,27-,28-,29-/m1/s1. The van der Waals surface area contributed by atoms with Gasteiger partial charge in [-0.15, -0.1) is 0 Å². The monoisotopic (exact) mass is 790 g/mol. The van der Waals surface area contributed by atoms with Gasteiger partial charge in [-0.3, -0.25) is 9.59 Å². The predicted molar refractivity (Wildman–Crippen MR) is 163 cm³/mol. The van der Waals surface area contributed by atoms with Crippen molar-refractivity contribution in [2.24, 2.45) is 0 Å². The van der Waals surface area contributed by atoms with E-state index in [2.05, 4.69) is 10.6 Å². The summed E-state index contributed by atoms with van der Waals surface area (Å²) in [6.07, 6.45) is -34.8. The zero-order valence-corrected chi connectivity index (χ0v) is 28.8. The van der Waals surface area contributed by atoms with Gasteiger partial charge in [0.05, 0.1) is 13.2 Å². The average molecular weight is 791 g/mol. The van der Waals surface area contributed by atoms with E-state index >= 15 is 0 Å². The van der Waals surface area contributed by atoms with Crippen molar-refractivity contribution in [3.8, 4) is 0 Å². The summed E-state index contributed by atoms with van der Waals surface area (Å²) < 4.78 is 43.6. The Labute approximate surface area is 304 Å². The van der Waals surface area contributed by atoms with Crippen LogP contribution in [0.4, 0.5) is 0 Å². The van der Waals surface area contributed by atoms with Crippen LogP contribution < -0.4 is 10.6 Å². The molecule has 0 spiro atoms. The number of carboxylic acid groups (broad SMARTS) is 2. The maximum atomic E-state index is 12.4. The van der Waals surface area contributed by atoms with E-state index in [0.717, 1.165) is 13.8 Å². The molecule has 0 radical (unpaired) electrons. The van der Waals surface area contributed by atoms with E-state index in [1.165, 1.54) is 7.11 Å². The number of hydrogen-bond donors (Lipinski definition) is 13. The first-order valence-corrected chi connectivity index (χ1v) is 16.5. The maximum Gasteiger partial charge on any atom is 0.335 e. The van der Waals surface area contributed by atoms with Crippen LogP contribution in [-0.2, 0) is 57.1 Å². The fourth-order valence-corrected chi connectivity index (χ4v) is 6.57. The first-order valence-electron chi connectivity index (χ1n) is 16.5. The van der Waals surface area contributed by atoms with Crippen molar-refractivity contribution in [3.05, 3.63) is 0 Å². The molecule has 4 aliphatic rings. The molecule has 4 aliphatic heterocycles. The highest BCUT2D eigenvalue weighted by Gasteiger charge is 2.57. The molecule has 0 saturated carbocycles. The minimum absolute atomic E-state index is 0.699. The summed E-state index contributed by atoms with van der Waals surface area (Å²) in [6.45, 7) is 0.290. The minimum atomic E-state index is -2.23. The molecule has 20 atom stereocenters. The van der Waals surface area contributed by atoms with Crippen LogP contribution in [0.5, 0.6) is 0 Å². The lowest BCUT2D eigenvalue weighted by atomic mass is 9.94. The van der Waals surface area contributed by atoms with Gasteiger partial charge in [-0.05, 0) is 0 Å². The Kier molecular flexibility index (Phi) is 15.0. The van der Waals surface area contributed by atoms with Gasteiger partial charge in [0.2, 0.25) is 11.8 Å². The zero-order valence-electron chi connectivity index (χ0n) is 28.8. The summed E-state index contributed by atoms with van der Waals surface area (Å²) in [6, 6.07) is -3.22. The molecule has 4 fully saturated rings. The number of aliphatic hydroxyl groups is 9. The van der Waals surface area contributed by atoms with Gasteiger partial charge in [-0.1, -0.05) is 0 Å². The smallest absolute Gasteiger partial charge is 0.335 e. The highest BCUT2D eigenvalue weighted by molar-refractivity contribution is 5.74. The lowest BCUT2D eigenvalue weighted by Gasteiger charge is -2.49. The van der Waals surface area contributed by atoms with Crippen LogP contribution in [-0.4, -0.2) is 223 Å². The van der Waals surface area contributed by atoms with Gasteiger partial charge in [0, 0.05) is 21.0 Å². The van der Waals surface area contributed by atoms with E-state index in [9.17, 15) is 75.3 Å². The second-order valence-electron chi connectivity index (χ2n) is 12.9. The normalized spacial score (nSPS) is 45.6. The highest BCUT2D eigenvalue weighted by atomic mass is 16.8. The summed E-state index contributed by atoms with van der Waals surface area (Å²) >= 11 is 0. The van der Waals surface area contributed by atoms with E-state index in [4.69, 9.17) is 37.9 Å². The van der Waals surface area contributed by atoms with Gasteiger partial charge in [0.15, 0.2) is 37.4 Å².